The molecule has 152 valence electrons. The van der Waals surface area contributed by atoms with Crippen LogP contribution in [0.1, 0.15) is 39.1 Å². The van der Waals surface area contributed by atoms with E-state index in [1.54, 1.807) is 0 Å². The molecule has 4 rings (SSSR count). The molecule has 1 amide bonds. The highest BCUT2D eigenvalue weighted by atomic mass is 79.9. The number of Topliss-reactive ketones (excluding diaryl/α,β-unsaturated/α-hetero) is 1. The molecule has 2 aliphatic rings. The Morgan fingerprint density at radius 2 is 1.79 bits per heavy atom. The van der Waals surface area contributed by atoms with Crippen molar-refractivity contribution >= 4 is 43.6 Å². The molecule has 0 bridgehead atoms. The smallest absolute Gasteiger partial charge is 0.254 e. The number of fused-ring (bicyclic) bond motifs is 1. The van der Waals surface area contributed by atoms with Crippen LogP contribution in [0.5, 0.6) is 0 Å². The number of piperidine rings is 1. The highest BCUT2D eigenvalue weighted by Gasteiger charge is 2.32. The number of hydrogen-bond acceptors (Lipinski definition) is 3. The molecule has 0 aromatic heterocycles. The van der Waals surface area contributed by atoms with Crippen molar-refractivity contribution in [2.24, 2.45) is 5.92 Å². The van der Waals surface area contributed by atoms with Crippen LogP contribution in [0, 0.1) is 11.7 Å². The standard InChI is InChI=1S/C22H21Br2FN2O2/c23-16-9-18-19(20(24)10-16)12-27(22(18)29)11-14-5-7-26(8-6-14)13-21(28)15-1-3-17(25)4-2-15/h1-4,9-10,14H,5-8,11-13H2. The number of nitrogens with zero attached hydrogens (tertiary/aromatic N) is 2. The molecule has 2 aliphatic heterocycles. The van der Waals surface area contributed by atoms with E-state index >= 15 is 0 Å². The van der Waals surface area contributed by atoms with E-state index in [2.05, 4.69) is 36.8 Å². The lowest BCUT2D eigenvalue weighted by atomic mass is 9.95. The summed E-state index contributed by atoms with van der Waals surface area (Å²) in [4.78, 5) is 29.2. The quantitative estimate of drug-likeness (QED) is 0.523. The van der Waals surface area contributed by atoms with E-state index in [-0.39, 0.29) is 17.5 Å². The summed E-state index contributed by atoms with van der Waals surface area (Å²) in [6.07, 6.45) is 1.92. The second-order valence-electron chi connectivity index (χ2n) is 7.75. The van der Waals surface area contributed by atoms with E-state index in [1.807, 2.05) is 17.0 Å². The van der Waals surface area contributed by atoms with Crippen LogP contribution in [-0.4, -0.2) is 47.7 Å². The molecule has 2 aromatic rings. The summed E-state index contributed by atoms with van der Waals surface area (Å²) in [6, 6.07) is 9.59. The molecule has 0 unspecified atom stereocenters. The normalized spacial score (nSPS) is 17.6. The van der Waals surface area contributed by atoms with Gasteiger partial charge in [0.2, 0.25) is 0 Å². The summed E-state index contributed by atoms with van der Waals surface area (Å²) in [7, 11) is 0. The number of carbonyl (C=O) groups excluding carboxylic acids is 2. The molecule has 0 spiro atoms. The third kappa shape index (κ3) is 4.62. The SMILES string of the molecule is O=C(CN1CCC(CN2Cc3c(Br)cc(Br)cc3C2=O)CC1)c1ccc(F)cc1. The summed E-state index contributed by atoms with van der Waals surface area (Å²) >= 11 is 7.02. The fourth-order valence-electron chi connectivity index (χ4n) is 4.10. The molecule has 1 saturated heterocycles. The van der Waals surface area contributed by atoms with Crippen LogP contribution in [0.25, 0.3) is 0 Å². The van der Waals surface area contributed by atoms with Gasteiger partial charge in [0.1, 0.15) is 5.82 Å². The number of ketones is 1. The third-order valence-corrected chi connectivity index (χ3v) is 6.91. The van der Waals surface area contributed by atoms with Crippen LogP contribution in [-0.2, 0) is 6.54 Å². The topological polar surface area (TPSA) is 40.6 Å². The van der Waals surface area contributed by atoms with E-state index in [0.29, 0.717) is 24.6 Å². The van der Waals surface area contributed by atoms with E-state index in [4.69, 9.17) is 0 Å². The Morgan fingerprint density at radius 3 is 2.48 bits per heavy atom. The van der Waals surface area contributed by atoms with Crippen molar-refractivity contribution < 1.29 is 14.0 Å². The first-order chi connectivity index (χ1) is 13.9. The van der Waals surface area contributed by atoms with Crippen LogP contribution >= 0.6 is 31.9 Å². The van der Waals surface area contributed by atoms with Crippen LogP contribution in [0.15, 0.2) is 45.3 Å². The average molecular weight is 524 g/mol. The lowest BCUT2D eigenvalue weighted by Gasteiger charge is -2.33. The maximum absolute atomic E-state index is 13.0. The van der Waals surface area contributed by atoms with Crippen molar-refractivity contribution in [3.63, 3.8) is 0 Å². The zero-order valence-corrected chi connectivity index (χ0v) is 19.0. The van der Waals surface area contributed by atoms with Gasteiger partial charge in [-0.25, -0.2) is 4.39 Å². The molecule has 2 aromatic carbocycles. The molecular formula is C22H21Br2FN2O2. The maximum atomic E-state index is 13.0. The average Bonchev–Trinajstić information content (AvgIpc) is 3.00. The fraction of sp³-hybridized carbons (Fsp3) is 0.364. The van der Waals surface area contributed by atoms with Crippen molar-refractivity contribution in [3.8, 4) is 0 Å². The van der Waals surface area contributed by atoms with Crippen molar-refractivity contribution in [1.29, 1.82) is 0 Å². The summed E-state index contributed by atoms with van der Waals surface area (Å²) in [6.45, 7) is 3.42. The molecule has 29 heavy (non-hydrogen) atoms. The Balaban J connectivity index is 1.29. The lowest BCUT2D eigenvalue weighted by Crippen LogP contribution is -2.41. The Kier molecular flexibility index (Phi) is 6.18. The second kappa shape index (κ2) is 8.66. The number of hydrogen-bond donors (Lipinski definition) is 0. The van der Waals surface area contributed by atoms with E-state index in [1.165, 1.54) is 24.3 Å². The molecule has 2 heterocycles. The maximum Gasteiger partial charge on any atom is 0.254 e. The number of rotatable bonds is 5. The summed E-state index contributed by atoms with van der Waals surface area (Å²) in [5.41, 5.74) is 2.37. The Hall–Kier alpha value is -1.57. The van der Waals surface area contributed by atoms with Gasteiger partial charge in [0.05, 0.1) is 6.54 Å². The minimum Gasteiger partial charge on any atom is -0.334 e. The largest absolute Gasteiger partial charge is 0.334 e. The van der Waals surface area contributed by atoms with Crippen LogP contribution in [0.4, 0.5) is 4.39 Å². The zero-order chi connectivity index (χ0) is 20.5. The lowest BCUT2D eigenvalue weighted by molar-refractivity contribution is 0.0707. The van der Waals surface area contributed by atoms with Gasteiger partial charge in [-0.2, -0.15) is 0 Å². The number of likely N-dealkylation sites (tertiary alicyclic amines) is 1. The predicted molar refractivity (Wildman–Crippen MR) is 116 cm³/mol. The van der Waals surface area contributed by atoms with Crippen LogP contribution < -0.4 is 0 Å². The molecule has 0 radical (unpaired) electrons. The fourth-order valence-corrected chi connectivity index (χ4v) is 5.46. The molecule has 0 atom stereocenters. The minimum atomic E-state index is -0.333. The third-order valence-electron chi connectivity index (χ3n) is 5.75. The first kappa shape index (κ1) is 20.7. The highest BCUT2D eigenvalue weighted by molar-refractivity contribution is 9.11. The molecular weight excluding hydrogens is 503 g/mol. The second-order valence-corrected chi connectivity index (χ2v) is 9.52. The Labute approximate surface area is 186 Å². The minimum absolute atomic E-state index is 0.0176. The van der Waals surface area contributed by atoms with Gasteiger partial charge in [-0.05, 0) is 73.8 Å². The van der Waals surface area contributed by atoms with E-state index in [9.17, 15) is 14.0 Å². The van der Waals surface area contributed by atoms with Crippen LogP contribution in [0.2, 0.25) is 0 Å². The number of carbonyl (C=O) groups is 2. The summed E-state index contributed by atoms with van der Waals surface area (Å²) in [5.74, 6) is 0.216. The van der Waals surface area contributed by atoms with Gasteiger partial charge in [0, 0.05) is 33.2 Å². The molecule has 7 heteroatoms. The zero-order valence-electron chi connectivity index (χ0n) is 15.8. The molecule has 0 N–H and O–H groups in total. The number of halogens is 3. The molecule has 1 fully saturated rings. The number of benzene rings is 2. The first-order valence-electron chi connectivity index (χ1n) is 9.69. The predicted octanol–water partition coefficient (Wildman–Crippen LogP) is 4.90. The van der Waals surface area contributed by atoms with Gasteiger partial charge >= 0.3 is 0 Å². The summed E-state index contributed by atoms with van der Waals surface area (Å²) < 4.78 is 14.9. The van der Waals surface area contributed by atoms with Gasteiger partial charge in [0.25, 0.3) is 5.91 Å². The molecule has 0 aliphatic carbocycles. The van der Waals surface area contributed by atoms with Crippen molar-refractivity contribution in [1.82, 2.24) is 9.80 Å². The van der Waals surface area contributed by atoms with Gasteiger partial charge in [-0.1, -0.05) is 31.9 Å². The van der Waals surface area contributed by atoms with Crippen molar-refractivity contribution in [2.75, 3.05) is 26.2 Å². The van der Waals surface area contributed by atoms with Crippen LogP contribution in [0.3, 0.4) is 0 Å². The summed E-state index contributed by atoms with van der Waals surface area (Å²) in [5, 5.41) is 0. The van der Waals surface area contributed by atoms with Crippen molar-refractivity contribution in [2.45, 2.75) is 19.4 Å². The number of amides is 1. The Morgan fingerprint density at radius 1 is 1.10 bits per heavy atom. The van der Waals surface area contributed by atoms with Gasteiger partial charge in [-0.3, -0.25) is 14.5 Å². The van der Waals surface area contributed by atoms with E-state index in [0.717, 1.165) is 52.5 Å². The highest BCUT2D eigenvalue weighted by Crippen LogP contribution is 2.34. The first-order valence-corrected chi connectivity index (χ1v) is 11.3. The molecule has 4 nitrogen and oxygen atoms in total. The molecule has 0 saturated carbocycles. The van der Waals surface area contributed by atoms with Gasteiger partial charge in [0.15, 0.2) is 5.78 Å². The van der Waals surface area contributed by atoms with Gasteiger partial charge in [-0.15, -0.1) is 0 Å². The monoisotopic (exact) mass is 522 g/mol. The van der Waals surface area contributed by atoms with E-state index < -0.39 is 0 Å². The van der Waals surface area contributed by atoms with Gasteiger partial charge < -0.3 is 4.90 Å². The van der Waals surface area contributed by atoms with Crippen molar-refractivity contribution in [3.05, 3.63) is 67.9 Å². The Bertz CT molecular complexity index is 941.